The highest BCUT2D eigenvalue weighted by Gasteiger charge is 2.52. The fourth-order valence-electron chi connectivity index (χ4n) is 2.78. The molecule has 0 saturated carbocycles. The minimum Gasteiger partial charge on any atom is -0.322 e. The Morgan fingerprint density at radius 2 is 2.26 bits per heavy atom. The lowest BCUT2D eigenvalue weighted by molar-refractivity contribution is -0.131. The van der Waals surface area contributed by atoms with Gasteiger partial charge in [0, 0.05) is 13.6 Å². The second-order valence-corrected chi connectivity index (χ2v) is 5.23. The summed E-state index contributed by atoms with van der Waals surface area (Å²) in [5, 5.41) is 10.2. The van der Waals surface area contributed by atoms with Crippen molar-refractivity contribution in [1.29, 1.82) is 0 Å². The number of urea groups is 1. The number of aromatic nitrogens is 2. The first-order valence-corrected chi connectivity index (χ1v) is 6.36. The summed E-state index contributed by atoms with van der Waals surface area (Å²) >= 11 is 0. The van der Waals surface area contributed by atoms with E-state index in [0.717, 1.165) is 17.9 Å². The zero-order valence-corrected chi connectivity index (χ0v) is 11.1. The van der Waals surface area contributed by atoms with E-state index in [2.05, 4.69) is 15.7 Å². The third-order valence-electron chi connectivity index (χ3n) is 3.82. The molecule has 3 heterocycles. The van der Waals surface area contributed by atoms with Crippen molar-refractivity contribution >= 4 is 11.9 Å². The van der Waals surface area contributed by atoms with Gasteiger partial charge < -0.3 is 10.6 Å². The molecule has 2 aliphatic rings. The lowest BCUT2D eigenvalue weighted by Crippen LogP contribution is -2.48. The summed E-state index contributed by atoms with van der Waals surface area (Å²) in [6.45, 7) is 3.42. The molecule has 2 N–H and O–H groups in total. The van der Waals surface area contributed by atoms with Gasteiger partial charge in [-0.05, 0) is 26.0 Å². The molecule has 19 heavy (non-hydrogen) atoms. The van der Waals surface area contributed by atoms with Gasteiger partial charge in [0.25, 0.3) is 5.91 Å². The molecule has 1 atom stereocenters. The van der Waals surface area contributed by atoms with Crippen LogP contribution in [0, 0.1) is 6.92 Å². The van der Waals surface area contributed by atoms with Crippen LogP contribution in [0.25, 0.3) is 0 Å². The van der Waals surface area contributed by atoms with E-state index in [9.17, 15) is 9.59 Å². The number of carbonyl (C=O) groups excluding carboxylic acids is 2. The molecule has 2 saturated heterocycles. The number of carbonyl (C=O) groups is 2. The van der Waals surface area contributed by atoms with Crippen LogP contribution in [-0.4, -0.2) is 45.2 Å². The second kappa shape index (κ2) is 4.06. The minimum atomic E-state index is -0.731. The highest BCUT2D eigenvalue weighted by atomic mass is 16.2. The van der Waals surface area contributed by atoms with E-state index >= 15 is 0 Å². The Morgan fingerprint density at radius 1 is 1.47 bits per heavy atom. The monoisotopic (exact) mass is 263 g/mol. The smallest absolute Gasteiger partial charge is 0.322 e. The SMILES string of the molecule is Cc1cc(CN2C(=O)NC3(CCNC3)C2=O)n(C)n1. The maximum atomic E-state index is 12.4. The molecule has 3 rings (SSSR count). The highest BCUT2D eigenvalue weighted by Crippen LogP contribution is 2.25. The van der Waals surface area contributed by atoms with Gasteiger partial charge in [0.15, 0.2) is 0 Å². The number of aryl methyl sites for hydroxylation is 2. The molecule has 0 aliphatic carbocycles. The fourth-order valence-corrected chi connectivity index (χ4v) is 2.78. The van der Waals surface area contributed by atoms with E-state index in [1.807, 2.05) is 20.0 Å². The second-order valence-electron chi connectivity index (χ2n) is 5.23. The summed E-state index contributed by atoms with van der Waals surface area (Å²) in [6, 6.07) is 1.57. The van der Waals surface area contributed by atoms with Crippen LogP contribution in [0.3, 0.4) is 0 Å². The van der Waals surface area contributed by atoms with E-state index in [1.54, 1.807) is 4.68 Å². The molecule has 0 aromatic carbocycles. The molecule has 2 aliphatic heterocycles. The molecular weight excluding hydrogens is 246 g/mol. The quantitative estimate of drug-likeness (QED) is 0.706. The summed E-state index contributed by atoms with van der Waals surface area (Å²) in [4.78, 5) is 25.7. The number of hydrogen-bond donors (Lipinski definition) is 2. The van der Waals surface area contributed by atoms with Gasteiger partial charge in [-0.2, -0.15) is 5.10 Å². The van der Waals surface area contributed by atoms with Crippen LogP contribution in [0.5, 0.6) is 0 Å². The molecule has 7 heteroatoms. The van der Waals surface area contributed by atoms with Crippen LogP contribution in [-0.2, 0) is 18.4 Å². The summed E-state index contributed by atoms with van der Waals surface area (Å²) in [7, 11) is 1.81. The summed E-state index contributed by atoms with van der Waals surface area (Å²) in [5.74, 6) is -0.138. The molecule has 0 bridgehead atoms. The molecule has 102 valence electrons. The lowest BCUT2D eigenvalue weighted by Gasteiger charge is -2.19. The first kappa shape index (κ1) is 12.2. The van der Waals surface area contributed by atoms with Gasteiger partial charge in [-0.1, -0.05) is 0 Å². The lowest BCUT2D eigenvalue weighted by atomic mass is 9.99. The predicted octanol–water partition coefficient (Wildman–Crippen LogP) is -0.488. The van der Waals surface area contributed by atoms with Crippen LogP contribution in [0.4, 0.5) is 4.79 Å². The maximum Gasteiger partial charge on any atom is 0.325 e. The van der Waals surface area contributed by atoms with Crippen molar-refractivity contribution < 1.29 is 9.59 Å². The third kappa shape index (κ3) is 1.81. The molecular formula is C12H17N5O2. The van der Waals surface area contributed by atoms with Crippen LogP contribution in [0.2, 0.25) is 0 Å². The van der Waals surface area contributed by atoms with Gasteiger partial charge in [0.05, 0.1) is 17.9 Å². The Hall–Kier alpha value is -1.89. The number of hydrogen-bond acceptors (Lipinski definition) is 4. The van der Waals surface area contributed by atoms with Gasteiger partial charge in [-0.15, -0.1) is 0 Å². The van der Waals surface area contributed by atoms with Crippen molar-refractivity contribution in [2.75, 3.05) is 13.1 Å². The Morgan fingerprint density at radius 3 is 2.84 bits per heavy atom. The van der Waals surface area contributed by atoms with Crippen molar-refractivity contribution in [3.63, 3.8) is 0 Å². The van der Waals surface area contributed by atoms with Crippen molar-refractivity contribution in [3.05, 3.63) is 17.5 Å². The van der Waals surface area contributed by atoms with Crippen LogP contribution in [0.1, 0.15) is 17.8 Å². The Bertz CT molecular complexity index is 544. The van der Waals surface area contributed by atoms with E-state index in [1.165, 1.54) is 4.90 Å². The van der Waals surface area contributed by atoms with Gasteiger partial charge in [0.2, 0.25) is 0 Å². The number of imide groups is 1. The number of nitrogens with zero attached hydrogens (tertiary/aromatic N) is 3. The van der Waals surface area contributed by atoms with Gasteiger partial charge >= 0.3 is 6.03 Å². The van der Waals surface area contributed by atoms with E-state index in [0.29, 0.717) is 13.0 Å². The number of rotatable bonds is 2. The standard InChI is InChI=1S/C12H17N5O2/c1-8-5-9(16(2)15-8)6-17-10(18)12(14-11(17)19)3-4-13-7-12/h5,13H,3-4,6-7H2,1-2H3,(H,14,19). The molecule has 2 fully saturated rings. The van der Waals surface area contributed by atoms with Gasteiger partial charge in [-0.25, -0.2) is 4.79 Å². The molecule has 0 radical (unpaired) electrons. The van der Waals surface area contributed by atoms with Crippen LogP contribution < -0.4 is 10.6 Å². The van der Waals surface area contributed by atoms with E-state index in [-0.39, 0.29) is 18.5 Å². The van der Waals surface area contributed by atoms with Crippen molar-refractivity contribution in [1.82, 2.24) is 25.3 Å². The summed E-state index contributed by atoms with van der Waals surface area (Å²) < 4.78 is 1.70. The molecule has 1 unspecified atom stereocenters. The Balaban J connectivity index is 1.83. The maximum absolute atomic E-state index is 12.4. The van der Waals surface area contributed by atoms with Crippen molar-refractivity contribution in [3.8, 4) is 0 Å². The molecule has 1 spiro atoms. The zero-order valence-electron chi connectivity index (χ0n) is 11.1. The number of amides is 3. The third-order valence-corrected chi connectivity index (χ3v) is 3.82. The van der Waals surface area contributed by atoms with Crippen molar-refractivity contribution in [2.45, 2.75) is 25.4 Å². The normalized spacial score (nSPS) is 26.5. The van der Waals surface area contributed by atoms with E-state index < -0.39 is 5.54 Å². The molecule has 3 amide bonds. The molecule has 1 aromatic heterocycles. The van der Waals surface area contributed by atoms with E-state index in [4.69, 9.17) is 0 Å². The summed E-state index contributed by atoms with van der Waals surface area (Å²) in [6.07, 6.45) is 0.651. The predicted molar refractivity (Wildman–Crippen MR) is 67.2 cm³/mol. The summed E-state index contributed by atoms with van der Waals surface area (Å²) in [5.41, 5.74) is 0.996. The minimum absolute atomic E-state index is 0.138. The topological polar surface area (TPSA) is 79.3 Å². The fraction of sp³-hybridized carbons (Fsp3) is 0.583. The van der Waals surface area contributed by atoms with Gasteiger partial charge in [-0.3, -0.25) is 14.4 Å². The Labute approximate surface area is 110 Å². The van der Waals surface area contributed by atoms with Gasteiger partial charge in [0.1, 0.15) is 5.54 Å². The van der Waals surface area contributed by atoms with Crippen LogP contribution >= 0.6 is 0 Å². The Kier molecular flexibility index (Phi) is 2.60. The molecule has 1 aromatic rings. The highest BCUT2D eigenvalue weighted by molar-refractivity contribution is 6.07. The zero-order chi connectivity index (χ0) is 13.6. The molecule has 7 nitrogen and oxygen atoms in total. The van der Waals surface area contributed by atoms with Crippen molar-refractivity contribution in [2.24, 2.45) is 7.05 Å². The largest absolute Gasteiger partial charge is 0.325 e. The average molecular weight is 263 g/mol. The first-order chi connectivity index (χ1) is 9.02. The number of nitrogens with one attached hydrogen (secondary N) is 2. The first-order valence-electron chi connectivity index (χ1n) is 6.36. The average Bonchev–Trinajstić information content (AvgIpc) is 2.98. The van der Waals surface area contributed by atoms with Crippen LogP contribution in [0.15, 0.2) is 6.07 Å².